The number of anilines is 1. The Morgan fingerprint density at radius 2 is 1.97 bits per heavy atom. The Bertz CT molecular complexity index is 1590. The van der Waals surface area contributed by atoms with E-state index >= 15 is 0 Å². The third kappa shape index (κ3) is 3.31. The number of halogens is 4. The first-order valence-electron chi connectivity index (χ1n) is 11.3. The molecule has 2 aromatic carbocycles. The average molecular weight is 513 g/mol. The van der Waals surface area contributed by atoms with E-state index < -0.39 is 11.7 Å². The number of fused-ring (bicyclic) bond motifs is 5. The maximum atomic E-state index is 13.2. The van der Waals surface area contributed by atoms with Crippen molar-refractivity contribution < 1.29 is 27.4 Å². The topological polar surface area (TPSA) is 89.1 Å². The lowest BCUT2D eigenvalue weighted by molar-refractivity contribution is -0.137. The second kappa shape index (κ2) is 7.36. The molecule has 0 spiro atoms. The summed E-state index contributed by atoms with van der Waals surface area (Å²) in [4.78, 5) is 23.4. The number of nitrogens with zero attached hydrogens (tertiary/aromatic N) is 2. The summed E-state index contributed by atoms with van der Waals surface area (Å²) in [5.74, 6) is 2.87. The zero-order valence-corrected chi connectivity index (χ0v) is 19.1. The fraction of sp³-hybridized carbons (Fsp3) is 0.240. The fourth-order valence-electron chi connectivity index (χ4n) is 5.14. The molecule has 1 aliphatic carbocycles. The number of rotatable bonds is 3. The summed E-state index contributed by atoms with van der Waals surface area (Å²) in [6.07, 6.45) is -2.22. The zero-order chi connectivity index (χ0) is 24.8. The molecule has 7 rings (SSSR count). The van der Waals surface area contributed by atoms with Crippen LogP contribution in [0.3, 0.4) is 0 Å². The Balaban J connectivity index is 1.17. The first-order chi connectivity index (χ1) is 17.3. The highest BCUT2D eigenvalue weighted by atomic mass is 35.5. The first-order valence-corrected chi connectivity index (χ1v) is 11.7. The van der Waals surface area contributed by atoms with E-state index in [1.807, 2.05) is 18.2 Å². The number of nitrogens with one attached hydrogen (secondary N) is 2. The van der Waals surface area contributed by atoms with Crippen LogP contribution in [0.2, 0.25) is 5.02 Å². The second-order valence-electron chi connectivity index (χ2n) is 9.09. The van der Waals surface area contributed by atoms with E-state index in [1.165, 1.54) is 6.07 Å². The zero-order valence-electron chi connectivity index (χ0n) is 18.3. The predicted molar refractivity (Wildman–Crippen MR) is 124 cm³/mol. The lowest BCUT2D eigenvalue weighted by Crippen LogP contribution is -2.20. The number of hydrogen-bond donors (Lipinski definition) is 2. The third-order valence-electron chi connectivity index (χ3n) is 6.87. The van der Waals surface area contributed by atoms with E-state index in [2.05, 4.69) is 20.3 Å². The van der Waals surface area contributed by atoms with Crippen molar-refractivity contribution in [3.05, 3.63) is 70.1 Å². The number of benzene rings is 2. The number of imidazole rings is 1. The van der Waals surface area contributed by atoms with Gasteiger partial charge in [-0.3, -0.25) is 4.79 Å². The molecule has 0 unspecified atom stereocenters. The van der Waals surface area contributed by atoms with Gasteiger partial charge in [0.15, 0.2) is 0 Å². The quantitative estimate of drug-likeness (QED) is 0.354. The van der Waals surface area contributed by atoms with Gasteiger partial charge in [0, 0.05) is 29.7 Å². The molecule has 182 valence electrons. The van der Waals surface area contributed by atoms with Crippen LogP contribution in [0.4, 0.5) is 19.0 Å². The van der Waals surface area contributed by atoms with Gasteiger partial charge in [0.05, 0.1) is 27.5 Å². The first kappa shape index (κ1) is 21.5. The predicted octanol–water partition coefficient (Wildman–Crippen LogP) is 5.95. The summed E-state index contributed by atoms with van der Waals surface area (Å²) in [5, 5.41) is 2.38. The van der Waals surface area contributed by atoms with Crippen LogP contribution in [0.1, 0.15) is 40.8 Å². The standard InChI is InChI=1S/C25H16ClF3N4O3/c26-14-9-16-15(8-13(14)25(27,28)29)31-24(32-16)21-20-12-7-10(1-3-17(12)36-22(20)21)35-18-5-6-30-23-11(18)2-4-19(34)33-23/h1,3,5-9,20-22H,2,4H2,(H,31,32)(H,30,33,34)/t20-,21-,22-/m0/s1. The number of carbonyl (C=O) groups excluding carboxylic acids is 1. The smallest absolute Gasteiger partial charge is 0.417 e. The molecule has 0 saturated heterocycles. The number of carbonyl (C=O) groups is 1. The molecule has 11 heteroatoms. The minimum Gasteiger partial charge on any atom is -0.489 e. The van der Waals surface area contributed by atoms with Gasteiger partial charge in [-0.15, -0.1) is 0 Å². The number of ether oxygens (including phenoxy) is 2. The van der Waals surface area contributed by atoms with Gasteiger partial charge in [-0.25, -0.2) is 9.97 Å². The van der Waals surface area contributed by atoms with Crippen LogP contribution in [0.25, 0.3) is 11.0 Å². The molecule has 3 aliphatic rings. The van der Waals surface area contributed by atoms with E-state index in [0.29, 0.717) is 41.5 Å². The van der Waals surface area contributed by atoms with E-state index in [1.54, 1.807) is 12.3 Å². The highest BCUT2D eigenvalue weighted by molar-refractivity contribution is 6.32. The average Bonchev–Trinajstić information content (AvgIpc) is 3.18. The molecule has 1 saturated carbocycles. The number of H-pyrrole nitrogens is 1. The van der Waals surface area contributed by atoms with Gasteiger partial charge in [0.2, 0.25) is 5.91 Å². The maximum absolute atomic E-state index is 13.2. The Morgan fingerprint density at radius 3 is 2.81 bits per heavy atom. The number of aromatic nitrogens is 3. The van der Waals surface area contributed by atoms with Gasteiger partial charge in [-0.1, -0.05) is 11.6 Å². The number of pyridine rings is 1. The largest absolute Gasteiger partial charge is 0.489 e. The Labute approximate surface area is 206 Å². The van der Waals surface area contributed by atoms with Gasteiger partial charge in [-0.2, -0.15) is 13.2 Å². The van der Waals surface area contributed by atoms with Crippen molar-refractivity contribution in [2.24, 2.45) is 0 Å². The van der Waals surface area contributed by atoms with Gasteiger partial charge in [0.1, 0.15) is 35.0 Å². The van der Waals surface area contributed by atoms with Crippen molar-refractivity contribution in [1.82, 2.24) is 15.0 Å². The molecule has 1 amide bonds. The molecule has 0 radical (unpaired) electrons. The molecule has 3 atom stereocenters. The van der Waals surface area contributed by atoms with Crippen molar-refractivity contribution >= 4 is 34.4 Å². The fourth-order valence-corrected chi connectivity index (χ4v) is 5.40. The lowest BCUT2D eigenvalue weighted by Gasteiger charge is -2.19. The maximum Gasteiger partial charge on any atom is 0.417 e. The molecule has 2 N–H and O–H groups in total. The van der Waals surface area contributed by atoms with Crippen LogP contribution in [0.15, 0.2) is 42.6 Å². The van der Waals surface area contributed by atoms with Crippen molar-refractivity contribution in [3.63, 3.8) is 0 Å². The molecule has 4 aromatic rings. The minimum atomic E-state index is -4.55. The Kier molecular flexibility index (Phi) is 4.39. The minimum absolute atomic E-state index is 0.00677. The normalized spacial score (nSPS) is 21.9. The highest BCUT2D eigenvalue weighted by Crippen LogP contribution is 2.63. The van der Waals surface area contributed by atoms with E-state index in [4.69, 9.17) is 21.1 Å². The summed E-state index contributed by atoms with van der Waals surface area (Å²) >= 11 is 5.85. The van der Waals surface area contributed by atoms with E-state index in [9.17, 15) is 18.0 Å². The van der Waals surface area contributed by atoms with Gasteiger partial charge in [0.25, 0.3) is 0 Å². The molecule has 0 bridgehead atoms. The molecule has 2 aliphatic heterocycles. The van der Waals surface area contributed by atoms with Crippen LogP contribution in [-0.2, 0) is 17.4 Å². The summed E-state index contributed by atoms with van der Waals surface area (Å²) in [6.45, 7) is 0. The van der Waals surface area contributed by atoms with Crippen LogP contribution >= 0.6 is 11.6 Å². The van der Waals surface area contributed by atoms with Crippen molar-refractivity contribution in [2.45, 2.75) is 37.0 Å². The van der Waals surface area contributed by atoms with Crippen LogP contribution < -0.4 is 14.8 Å². The Morgan fingerprint density at radius 1 is 1.11 bits per heavy atom. The number of alkyl halides is 3. The van der Waals surface area contributed by atoms with Crippen LogP contribution in [-0.4, -0.2) is 27.0 Å². The molecular weight excluding hydrogens is 497 g/mol. The van der Waals surface area contributed by atoms with Crippen LogP contribution in [0.5, 0.6) is 17.2 Å². The number of aromatic amines is 1. The molecule has 4 heterocycles. The summed E-state index contributed by atoms with van der Waals surface area (Å²) in [5.41, 5.74) is 1.55. The third-order valence-corrected chi connectivity index (χ3v) is 7.18. The highest BCUT2D eigenvalue weighted by Gasteiger charge is 2.61. The SMILES string of the molecule is O=C1CCc2c(Oc3ccc4c(c3)[C@@H]3[C@H](O4)[C@H]3c3nc4cc(Cl)c(C(F)(F)F)cc4[nH]3)ccnc2N1. The van der Waals surface area contributed by atoms with Gasteiger partial charge >= 0.3 is 6.18 Å². The van der Waals surface area contributed by atoms with Crippen molar-refractivity contribution in [1.29, 1.82) is 0 Å². The summed E-state index contributed by atoms with van der Waals surface area (Å²) in [7, 11) is 0. The van der Waals surface area contributed by atoms with E-state index in [-0.39, 0.29) is 34.4 Å². The van der Waals surface area contributed by atoms with Crippen molar-refractivity contribution in [2.75, 3.05) is 5.32 Å². The molecule has 36 heavy (non-hydrogen) atoms. The number of hydrogen-bond acceptors (Lipinski definition) is 5. The van der Waals surface area contributed by atoms with Gasteiger partial charge < -0.3 is 19.8 Å². The molecular formula is C25H16ClF3N4O3. The molecule has 2 aromatic heterocycles. The van der Waals surface area contributed by atoms with Gasteiger partial charge in [-0.05, 0) is 42.8 Å². The second-order valence-corrected chi connectivity index (χ2v) is 9.50. The van der Waals surface area contributed by atoms with Crippen molar-refractivity contribution in [3.8, 4) is 17.2 Å². The summed E-state index contributed by atoms with van der Waals surface area (Å²) < 4.78 is 52.0. The molecule has 7 nitrogen and oxygen atoms in total. The van der Waals surface area contributed by atoms with Crippen LogP contribution in [0, 0.1) is 0 Å². The lowest BCUT2D eigenvalue weighted by atomic mass is 10.1. The monoisotopic (exact) mass is 512 g/mol. The number of amides is 1. The Hall–Kier alpha value is -3.79. The van der Waals surface area contributed by atoms with E-state index in [0.717, 1.165) is 22.9 Å². The summed E-state index contributed by atoms with van der Waals surface area (Å²) in [6, 6.07) is 9.56. The molecule has 1 fully saturated rings.